The average molecular weight is 245 g/mol. The number of para-hydroxylation sites is 1. The van der Waals surface area contributed by atoms with Gasteiger partial charge in [0.05, 0.1) is 0 Å². The van der Waals surface area contributed by atoms with Gasteiger partial charge < -0.3 is 10.1 Å². The first-order valence-corrected chi connectivity index (χ1v) is 6.76. The fraction of sp³-hybridized carbons (Fsp3) is 0.500. The molecule has 1 aromatic carbocycles. The molecule has 0 amide bonds. The van der Waals surface area contributed by atoms with Gasteiger partial charge in [0.25, 0.3) is 0 Å². The van der Waals surface area contributed by atoms with Gasteiger partial charge in [-0.05, 0) is 24.3 Å². The molecule has 1 fully saturated rings. The maximum atomic E-state index is 5.65. The van der Waals surface area contributed by atoms with Crippen LogP contribution in [-0.2, 0) is 6.54 Å². The second kappa shape index (κ2) is 6.05. The maximum absolute atomic E-state index is 5.65. The lowest BCUT2D eigenvalue weighted by atomic mass is 9.70. The molecule has 2 nitrogen and oxygen atoms in total. The summed E-state index contributed by atoms with van der Waals surface area (Å²) in [6.45, 7) is 8.58. The van der Waals surface area contributed by atoms with E-state index in [0.717, 1.165) is 18.8 Å². The molecule has 0 saturated heterocycles. The average Bonchev–Trinajstić information content (AvgIpc) is 2.35. The van der Waals surface area contributed by atoms with Gasteiger partial charge in [-0.1, -0.05) is 44.2 Å². The van der Waals surface area contributed by atoms with E-state index in [2.05, 4.69) is 31.0 Å². The molecule has 1 aliphatic carbocycles. The van der Waals surface area contributed by atoms with E-state index < -0.39 is 0 Å². The Labute approximate surface area is 110 Å². The third-order valence-corrected chi connectivity index (χ3v) is 3.76. The number of benzene rings is 1. The minimum absolute atomic E-state index is 0.525. The highest BCUT2D eigenvalue weighted by Gasteiger charge is 2.30. The predicted octanol–water partition coefficient (Wildman–Crippen LogP) is 3.53. The van der Waals surface area contributed by atoms with E-state index in [1.54, 1.807) is 6.08 Å². The summed E-state index contributed by atoms with van der Waals surface area (Å²) in [4.78, 5) is 0. The molecule has 1 N–H and O–H groups in total. The van der Waals surface area contributed by atoms with Crippen molar-refractivity contribution >= 4 is 0 Å². The molecule has 0 heterocycles. The lowest BCUT2D eigenvalue weighted by molar-refractivity contribution is 0.156. The molecule has 18 heavy (non-hydrogen) atoms. The maximum Gasteiger partial charge on any atom is 0.124 e. The first kappa shape index (κ1) is 13.2. The summed E-state index contributed by atoms with van der Waals surface area (Å²) < 4.78 is 5.65. The summed E-state index contributed by atoms with van der Waals surface area (Å²) in [6.07, 6.45) is 5.88. The number of nitrogens with one attached hydrogen (secondary N) is 1. The minimum atomic E-state index is 0.525. The second-order valence-corrected chi connectivity index (χ2v) is 5.48. The van der Waals surface area contributed by atoms with Gasteiger partial charge in [0.15, 0.2) is 0 Å². The molecule has 0 aliphatic heterocycles. The molecular weight excluding hydrogens is 222 g/mol. The Balaban J connectivity index is 1.85. The van der Waals surface area contributed by atoms with Crippen LogP contribution in [0.3, 0.4) is 0 Å². The van der Waals surface area contributed by atoms with Gasteiger partial charge in [-0.25, -0.2) is 0 Å². The van der Waals surface area contributed by atoms with Gasteiger partial charge in [0.1, 0.15) is 12.4 Å². The van der Waals surface area contributed by atoms with Crippen molar-refractivity contribution in [3.8, 4) is 5.75 Å². The smallest absolute Gasteiger partial charge is 0.124 e. The van der Waals surface area contributed by atoms with Crippen molar-refractivity contribution in [2.24, 2.45) is 5.41 Å². The van der Waals surface area contributed by atoms with Gasteiger partial charge in [-0.2, -0.15) is 0 Å². The number of rotatable bonds is 7. The van der Waals surface area contributed by atoms with E-state index in [1.165, 1.54) is 24.8 Å². The van der Waals surface area contributed by atoms with E-state index in [-0.39, 0.29) is 0 Å². The summed E-state index contributed by atoms with van der Waals surface area (Å²) in [6, 6.07) is 8.21. The molecule has 0 radical (unpaired) electrons. The van der Waals surface area contributed by atoms with Gasteiger partial charge in [0.2, 0.25) is 0 Å². The number of hydrogen-bond donors (Lipinski definition) is 1. The predicted molar refractivity (Wildman–Crippen MR) is 75.8 cm³/mol. The van der Waals surface area contributed by atoms with Crippen LogP contribution in [0.15, 0.2) is 36.9 Å². The van der Waals surface area contributed by atoms with Gasteiger partial charge >= 0.3 is 0 Å². The molecule has 2 rings (SSSR count). The molecule has 0 spiro atoms. The molecule has 98 valence electrons. The van der Waals surface area contributed by atoms with E-state index in [1.807, 2.05) is 12.1 Å². The SMILES string of the molecule is C=CCOc1ccccc1CNCC1(C)CCC1. The van der Waals surface area contributed by atoms with Crippen molar-refractivity contribution in [1.82, 2.24) is 5.32 Å². The van der Waals surface area contributed by atoms with E-state index >= 15 is 0 Å². The van der Waals surface area contributed by atoms with Crippen LogP contribution in [0.25, 0.3) is 0 Å². The summed E-state index contributed by atoms with van der Waals surface area (Å²) in [7, 11) is 0. The topological polar surface area (TPSA) is 21.3 Å². The van der Waals surface area contributed by atoms with Crippen LogP contribution in [0.4, 0.5) is 0 Å². The zero-order valence-electron chi connectivity index (χ0n) is 11.2. The summed E-state index contributed by atoms with van der Waals surface area (Å²) >= 11 is 0. The van der Waals surface area contributed by atoms with Crippen LogP contribution in [0.2, 0.25) is 0 Å². The molecule has 2 heteroatoms. The normalized spacial score (nSPS) is 16.9. The van der Waals surface area contributed by atoms with Gasteiger partial charge in [0, 0.05) is 18.7 Å². The minimum Gasteiger partial charge on any atom is -0.489 e. The van der Waals surface area contributed by atoms with E-state index in [4.69, 9.17) is 4.74 Å². The summed E-state index contributed by atoms with van der Waals surface area (Å²) in [5.41, 5.74) is 1.75. The highest BCUT2D eigenvalue weighted by atomic mass is 16.5. The Morgan fingerprint density at radius 1 is 1.39 bits per heavy atom. The first-order valence-electron chi connectivity index (χ1n) is 6.76. The Bertz CT molecular complexity index is 396. The molecule has 1 saturated carbocycles. The molecule has 1 aromatic rings. The monoisotopic (exact) mass is 245 g/mol. The number of hydrogen-bond acceptors (Lipinski definition) is 2. The molecule has 0 aromatic heterocycles. The van der Waals surface area contributed by atoms with Crippen molar-refractivity contribution < 1.29 is 4.74 Å². The lowest BCUT2D eigenvalue weighted by Gasteiger charge is -2.38. The van der Waals surface area contributed by atoms with Crippen LogP contribution >= 0.6 is 0 Å². The fourth-order valence-electron chi connectivity index (χ4n) is 2.40. The molecule has 0 bridgehead atoms. The molecule has 1 aliphatic rings. The van der Waals surface area contributed by atoms with E-state index in [0.29, 0.717) is 12.0 Å². The Kier molecular flexibility index (Phi) is 4.43. The van der Waals surface area contributed by atoms with Crippen molar-refractivity contribution in [3.05, 3.63) is 42.5 Å². The third-order valence-electron chi connectivity index (χ3n) is 3.76. The van der Waals surface area contributed by atoms with E-state index in [9.17, 15) is 0 Å². The first-order chi connectivity index (χ1) is 8.73. The van der Waals surface area contributed by atoms with Crippen LogP contribution < -0.4 is 10.1 Å². The Hall–Kier alpha value is -1.28. The number of ether oxygens (including phenoxy) is 1. The van der Waals surface area contributed by atoms with Crippen LogP contribution in [0.1, 0.15) is 31.7 Å². The highest BCUT2D eigenvalue weighted by Crippen LogP contribution is 2.39. The highest BCUT2D eigenvalue weighted by molar-refractivity contribution is 5.33. The zero-order chi connectivity index (χ0) is 12.8. The van der Waals surface area contributed by atoms with Crippen molar-refractivity contribution in [2.45, 2.75) is 32.7 Å². The summed E-state index contributed by atoms with van der Waals surface area (Å²) in [5.74, 6) is 0.962. The molecule has 0 atom stereocenters. The Morgan fingerprint density at radius 2 is 2.17 bits per heavy atom. The van der Waals surface area contributed by atoms with Crippen LogP contribution in [0.5, 0.6) is 5.75 Å². The van der Waals surface area contributed by atoms with Crippen molar-refractivity contribution in [1.29, 1.82) is 0 Å². The summed E-state index contributed by atoms with van der Waals surface area (Å²) in [5, 5.41) is 3.56. The Morgan fingerprint density at radius 3 is 2.83 bits per heavy atom. The van der Waals surface area contributed by atoms with Crippen LogP contribution in [0, 0.1) is 5.41 Å². The van der Waals surface area contributed by atoms with Crippen molar-refractivity contribution in [3.63, 3.8) is 0 Å². The molecule has 0 unspecified atom stereocenters. The van der Waals surface area contributed by atoms with Gasteiger partial charge in [-0.3, -0.25) is 0 Å². The third kappa shape index (κ3) is 3.36. The lowest BCUT2D eigenvalue weighted by Crippen LogP contribution is -2.37. The van der Waals surface area contributed by atoms with Gasteiger partial charge in [-0.15, -0.1) is 0 Å². The quantitative estimate of drug-likeness (QED) is 0.742. The van der Waals surface area contributed by atoms with Crippen molar-refractivity contribution in [2.75, 3.05) is 13.2 Å². The fourth-order valence-corrected chi connectivity index (χ4v) is 2.40. The van der Waals surface area contributed by atoms with Crippen LogP contribution in [-0.4, -0.2) is 13.2 Å². The molecular formula is C16H23NO. The largest absolute Gasteiger partial charge is 0.489 e. The standard InChI is InChI=1S/C16H23NO/c1-3-11-18-15-8-5-4-7-14(15)12-17-13-16(2)9-6-10-16/h3-5,7-8,17H,1,6,9-13H2,2H3. The second-order valence-electron chi connectivity index (χ2n) is 5.48. The zero-order valence-corrected chi connectivity index (χ0v) is 11.2.